The molecule has 8 heteroatoms. The summed E-state index contributed by atoms with van der Waals surface area (Å²) in [6, 6.07) is 2.13. The van der Waals surface area contributed by atoms with Gasteiger partial charge in [-0.3, -0.25) is 0 Å². The molecule has 0 aliphatic heterocycles. The van der Waals surface area contributed by atoms with Crippen molar-refractivity contribution in [1.82, 2.24) is 4.72 Å². The molecule has 110 valence electrons. The molecule has 0 bridgehead atoms. The zero-order valence-electron chi connectivity index (χ0n) is 10.6. The molecular formula is C12H13Cl2NO4S. The van der Waals surface area contributed by atoms with Crippen molar-refractivity contribution in [3.63, 3.8) is 0 Å². The van der Waals surface area contributed by atoms with Crippen LogP contribution in [0.25, 0.3) is 0 Å². The normalized spacial score (nSPS) is 22.4. The van der Waals surface area contributed by atoms with Crippen LogP contribution in [-0.4, -0.2) is 25.5 Å². The van der Waals surface area contributed by atoms with Crippen LogP contribution in [-0.2, 0) is 10.0 Å². The molecule has 0 heterocycles. The van der Waals surface area contributed by atoms with Crippen LogP contribution < -0.4 is 4.72 Å². The van der Waals surface area contributed by atoms with Gasteiger partial charge in [0.1, 0.15) is 4.90 Å². The summed E-state index contributed by atoms with van der Waals surface area (Å²) in [5.74, 6) is -0.849. The van der Waals surface area contributed by atoms with Crippen molar-refractivity contribution < 1.29 is 18.3 Å². The quantitative estimate of drug-likeness (QED) is 0.884. The summed E-state index contributed by atoms with van der Waals surface area (Å²) >= 11 is 11.6. The molecule has 20 heavy (non-hydrogen) atoms. The van der Waals surface area contributed by atoms with Gasteiger partial charge in [-0.25, -0.2) is 17.9 Å². The lowest BCUT2D eigenvalue weighted by atomic mass is 9.83. The van der Waals surface area contributed by atoms with Crippen molar-refractivity contribution >= 4 is 39.2 Å². The molecular weight excluding hydrogens is 325 g/mol. The molecule has 1 aliphatic rings. The number of carboxylic acid groups (broad SMARTS) is 1. The lowest BCUT2D eigenvalue weighted by molar-refractivity contribution is 0.0697. The van der Waals surface area contributed by atoms with E-state index in [1.54, 1.807) is 0 Å². The third kappa shape index (κ3) is 3.09. The third-order valence-electron chi connectivity index (χ3n) is 3.22. The molecule has 0 spiro atoms. The molecule has 0 aromatic heterocycles. The highest BCUT2D eigenvalue weighted by Gasteiger charge is 2.31. The molecule has 0 unspecified atom stereocenters. The predicted molar refractivity (Wildman–Crippen MR) is 75.9 cm³/mol. The molecule has 2 rings (SSSR count). The van der Waals surface area contributed by atoms with Gasteiger partial charge >= 0.3 is 5.97 Å². The Hall–Kier alpha value is -0.820. The first kappa shape index (κ1) is 15.6. The van der Waals surface area contributed by atoms with Crippen LogP contribution in [0.3, 0.4) is 0 Å². The molecule has 0 radical (unpaired) electrons. The number of sulfonamides is 1. The fourth-order valence-electron chi connectivity index (χ4n) is 2.20. The van der Waals surface area contributed by atoms with E-state index < -0.39 is 16.0 Å². The number of carboxylic acids is 1. The maximum absolute atomic E-state index is 12.2. The van der Waals surface area contributed by atoms with Gasteiger partial charge in [0.15, 0.2) is 0 Å². The molecule has 0 saturated heterocycles. The number of carbonyl (C=O) groups is 1. The first-order valence-electron chi connectivity index (χ1n) is 5.95. The standard InChI is InChI=1S/C12H13Cl2NO4S/c1-6-2-8(3-6)15-20(18,19)10-5-7(13)4-9(11(10)14)12(16)17/h4-6,8,15H,2-3H2,1H3,(H,16,17). The van der Waals surface area contributed by atoms with Gasteiger partial charge in [-0.15, -0.1) is 0 Å². The van der Waals surface area contributed by atoms with Crippen molar-refractivity contribution in [2.75, 3.05) is 0 Å². The fraction of sp³-hybridized carbons (Fsp3) is 0.417. The minimum Gasteiger partial charge on any atom is -0.478 e. The van der Waals surface area contributed by atoms with E-state index >= 15 is 0 Å². The zero-order chi connectivity index (χ0) is 15.1. The molecule has 0 atom stereocenters. The highest BCUT2D eigenvalue weighted by Crippen LogP contribution is 2.32. The Kier molecular flexibility index (Phi) is 4.30. The van der Waals surface area contributed by atoms with Crippen LogP contribution in [0.1, 0.15) is 30.1 Å². The van der Waals surface area contributed by atoms with Gasteiger partial charge in [-0.1, -0.05) is 30.1 Å². The summed E-state index contributed by atoms with van der Waals surface area (Å²) in [4.78, 5) is 10.7. The minimum atomic E-state index is -3.88. The van der Waals surface area contributed by atoms with Crippen LogP contribution in [0.4, 0.5) is 0 Å². The van der Waals surface area contributed by atoms with Gasteiger partial charge in [-0.05, 0) is 30.9 Å². The molecule has 2 N–H and O–H groups in total. The minimum absolute atomic E-state index is 0.00847. The van der Waals surface area contributed by atoms with E-state index in [0.717, 1.165) is 25.0 Å². The molecule has 1 fully saturated rings. The highest BCUT2D eigenvalue weighted by molar-refractivity contribution is 7.89. The van der Waals surface area contributed by atoms with Gasteiger partial charge < -0.3 is 5.11 Å². The Morgan fingerprint density at radius 2 is 1.95 bits per heavy atom. The molecule has 1 saturated carbocycles. The lowest BCUT2D eigenvalue weighted by Crippen LogP contribution is -2.43. The van der Waals surface area contributed by atoms with E-state index in [9.17, 15) is 13.2 Å². The van der Waals surface area contributed by atoms with Gasteiger partial charge in [0.2, 0.25) is 10.0 Å². The number of aromatic carboxylic acids is 1. The lowest BCUT2D eigenvalue weighted by Gasteiger charge is -2.33. The number of halogens is 2. The maximum Gasteiger partial charge on any atom is 0.337 e. The number of benzene rings is 1. The summed E-state index contributed by atoms with van der Waals surface area (Å²) in [7, 11) is -3.88. The van der Waals surface area contributed by atoms with E-state index in [1.165, 1.54) is 0 Å². The Morgan fingerprint density at radius 3 is 2.45 bits per heavy atom. The summed E-state index contributed by atoms with van der Waals surface area (Å²) in [5, 5.41) is 8.67. The van der Waals surface area contributed by atoms with E-state index in [-0.39, 0.29) is 26.5 Å². The smallest absolute Gasteiger partial charge is 0.337 e. The number of nitrogens with one attached hydrogen (secondary N) is 1. The molecule has 0 amide bonds. The van der Waals surface area contributed by atoms with E-state index in [1.807, 2.05) is 6.92 Å². The zero-order valence-corrected chi connectivity index (χ0v) is 12.9. The van der Waals surface area contributed by atoms with Crippen molar-refractivity contribution in [1.29, 1.82) is 0 Å². The topological polar surface area (TPSA) is 83.5 Å². The first-order chi connectivity index (χ1) is 9.20. The Balaban J connectivity index is 2.38. The van der Waals surface area contributed by atoms with Gasteiger partial charge in [0.25, 0.3) is 0 Å². The Bertz CT molecular complexity index is 654. The predicted octanol–water partition coefficient (Wildman–Crippen LogP) is 2.77. The van der Waals surface area contributed by atoms with Crippen LogP contribution in [0.2, 0.25) is 10.0 Å². The van der Waals surface area contributed by atoms with Crippen molar-refractivity contribution in [3.05, 3.63) is 27.7 Å². The number of hydrogen-bond donors (Lipinski definition) is 2. The number of hydrogen-bond acceptors (Lipinski definition) is 3. The summed E-state index contributed by atoms with van der Waals surface area (Å²) < 4.78 is 27.0. The van der Waals surface area contributed by atoms with E-state index in [2.05, 4.69) is 4.72 Å². The van der Waals surface area contributed by atoms with Crippen LogP contribution in [0, 0.1) is 5.92 Å². The van der Waals surface area contributed by atoms with Crippen LogP contribution in [0.15, 0.2) is 17.0 Å². The second-order valence-corrected chi connectivity index (χ2v) is 7.46. The average molecular weight is 338 g/mol. The SMILES string of the molecule is CC1CC(NS(=O)(=O)c2cc(Cl)cc(C(=O)O)c2Cl)C1. The second kappa shape index (κ2) is 5.52. The van der Waals surface area contributed by atoms with Crippen molar-refractivity contribution in [2.24, 2.45) is 5.92 Å². The van der Waals surface area contributed by atoms with Gasteiger partial charge in [-0.2, -0.15) is 0 Å². The molecule has 1 aromatic rings. The summed E-state index contributed by atoms with van der Waals surface area (Å²) in [6.45, 7) is 2.03. The monoisotopic (exact) mass is 337 g/mol. The Morgan fingerprint density at radius 1 is 1.35 bits per heavy atom. The Labute approximate surface area is 126 Å². The maximum atomic E-state index is 12.2. The molecule has 1 aromatic carbocycles. The summed E-state index contributed by atoms with van der Waals surface area (Å²) in [5.41, 5.74) is -0.332. The van der Waals surface area contributed by atoms with Gasteiger partial charge in [0.05, 0.1) is 10.6 Å². The molecule has 1 aliphatic carbocycles. The van der Waals surface area contributed by atoms with E-state index in [4.69, 9.17) is 28.3 Å². The summed E-state index contributed by atoms with van der Waals surface area (Å²) in [6.07, 6.45) is 1.51. The van der Waals surface area contributed by atoms with Crippen molar-refractivity contribution in [3.8, 4) is 0 Å². The van der Waals surface area contributed by atoms with E-state index in [0.29, 0.717) is 5.92 Å². The first-order valence-corrected chi connectivity index (χ1v) is 8.19. The average Bonchev–Trinajstić information content (AvgIpc) is 2.29. The number of rotatable bonds is 4. The largest absolute Gasteiger partial charge is 0.478 e. The molecule has 5 nitrogen and oxygen atoms in total. The second-order valence-electron chi connectivity index (χ2n) is 4.97. The van der Waals surface area contributed by atoms with Crippen molar-refractivity contribution in [2.45, 2.75) is 30.7 Å². The third-order valence-corrected chi connectivity index (χ3v) is 5.50. The highest BCUT2D eigenvalue weighted by atomic mass is 35.5. The van der Waals surface area contributed by atoms with Crippen LogP contribution >= 0.6 is 23.2 Å². The van der Waals surface area contributed by atoms with Gasteiger partial charge in [0, 0.05) is 11.1 Å². The fourth-order valence-corrected chi connectivity index (χ4v) is 4.36. The van der Waals surface area contributed by atoms with Crippen LogP contribution in [0.5, 0.6) is 0 Å².